The number of nitrogens with zero attached hydrogens (tertiary/aromatic N) is 1. The van der Waals surface area contributed by atoms with E-state index in [-0.39, 0.29) is 12.5 Å². The maximum atomic E-state index is 12.2. The van der Waals surface area contributed by atoms with Gasteiger partial charge in [0.15, 0.2) is 6.23 Å². The number of nitrogens with one attached hydrogen (secondary N) is 2. The maximum Gasteiger partial charge on any atom is 0.334 e. The van der Waals surface area contributed by atoms with Crippen LogP contribution in [0.3, 0.4) is 0 Å². The van der Waals surface area contributed by atoms with Crippen molar-refractivity contribution in [1.82, 2.24) is 5.32 Å². The fraction of sp³-hybridized carbons (Fsp3) is 0.190. The van der Waals surface area contributed by atoms with Crippen LogP contribution in [-0.2, 0) is 14.3 Å². The summed E-state index contributed by atoms with van der Waals surface area (Å²) in [6, 6.07) is 12.8. The SMILES string of the molecule is CC(=O)NC(C)OC(=O)C=C1CN=C(c2ccccc2Cl)c2cc(Cl)ccc2N1. The molecule has 0 saturated carbocycles. The van der Waals surface area contributed by atoms with Crippen LogP contribution in [0.25, 0.3) is 0 Å². The van der Waals surface area contributed by atoms with E-state index in [1.54, 1.807) is 25.1 Å². The lowest BCUT2D eigenvalue weighted by molar-refractivity contribution is -0.145. The average molecular weight is 432 g/mol. The van der Waals surface area contributed by atoms with Crippen molar-refractivity contribution < 1.29 is 14.3 Å². The third kappa shape index (κ3) is 5.37. The van der Waals surface area contributed by atoms with E-state index in [4.69, 9.17) is 27.9 Å². The van der Waals surface area contributed by atoms with Crippen molar-refractivity contribution in [1.29, 1.82) is 0 Å². The first-order valence-corrected chi connectivity index (χ1v) is 9.63. The molecule has 2 aromatic carbocycles. The van der Waals surface area contributed by atoms with Gasteiger partial charge in [-0.1, -0.05) is 41.4 Å². The lowest BCUT2D eigenvalue weighted by atomic mass is 10.0. The number of carbonyl (C=O) groups is 2. The molecule has 6 nitrogen and oxygen atoms in total. The van der Waals surface area contributed by atoms with Gasteiger partial charge in [-0.3, -0.25) is 9.79 Å². The van der Waals surface area contributed by atoms with E-state index in [2.05, 4.69) is 15.6 Å². The minimum atomic E-state index is -0.740. The normalized spacial score (nSPS) is 15.4. The Morgan fingerprint density at radius 1 is 1.21 bits per heavy atom. The van der Waals surface area contributed by atoms with E-state index in [9.17, 15) is 9.59 Å². The molecule has 0 saturated heterocycles. The van der Waals surface area contributed by atoms with Gasteiger partial charge in [0, 0.05) is 45.6 Å². The molecule has 0 aliphatic carbocycles. The number of fused-ring (bicyclic) bond motifs is 1. The van der Waals surface area contributed by atoms with Crippen LogP contribution in [0.15, 0.2) is 59.2 Å². The summed E-state index contributed by atoms with van der Waals surface area (Å²) in [6.07, 6.45) is 0.575. The molecule has 1 atom stereocenters. The smallest absolute Gasteiger partial charge is 0.334 e. The minimum absolute atomic E-state index is 0.205. The fourth-order valence-electron chi connectivity index (χ4n) is 2.91. The summed E-state index contributed by atoms with van der Waals surface area (Å²) in [5.74, 6) is -0.883. The van der Waals surface area contributed by atoms with Crippen LogP contribution >= 0.6 is 23.2 Å². The topological polar surface area (TPSA) is 79.8 Å². The minimum Gasteiger partial charge on any atom is -0.439 e. The number of anilines is 1. The summed E-state index contributed by atoms with van der Waals surface area (Å²) in [5.41, 5.74) is 3.48. The van der Waals surface area contributed by atoms with Gasteiger partial charge in [0.05, 0.1) is 12.3 Å². The van der Waals surface area contributed by atoms with Gasteiger partial charge in [0.2, 0.25) is 5.91 Å². The molecule has 8 heteroatoms. The first kappa shape index (κ1) is 20.9. The maximum absolute atomic E-state index is 12.2. The number of aliphatic imine (C=N–C) groups is 1. The van der Waals surface area contributed by atoms with Gasteiger partial charge in [-0.15, -0.1) is 0 Å². The zero-order valence-corrected chi connectivity index (χ0v) is 17.3. The molecule has 0 aromatic heterocycles. The van der Waals surface area contributed by atoms with Crippen LogP contribution in [0, 0.1) is 0 Å². The van der Waals surface area contributed by atoms with Crippen molar-refractivity contribution in [3.8, 4) is 0 Å². The first-order chi connectivity index (χ1) is 13.8. The lowest BCUT2D eigenvalue weighted by Crippen LogP contribution is -2.34. The number of hydrogen-bond donors (Lipinski definition) is 2. The number of halogens is 2. The molecule has 0 fully saturated rings. The van der Waals surface area contributed by atoms with Gasteiger partial charge in [-0.2, -0.15) is 0 Å². The summed E-state index contributed by atoms with van der Waals surface area (Å²) in [4.78, 5) is 27.9. The first-order valence-electron chi connectivity index (χ1n) is 8.88. The number of esters is 1. The van der Waals surface area contributed by atoms with Crippen molar-refractivity contribution in [3.63, 3.8) is 0 Å². The van der Waals surface area contributed by atoms with Crippen molar-refractivity contribution in [3.05, 3.63) is 75.4 Å². The Morgan fingerprint density at radius 3 is 2.69 bits per heavy atom. The Morgan fingerprint density at radius 2 is 1.97 bits per heavy atom. The molecular formula is C21H19Cl2N3O3. The standard InChI is InChI=1S/C21H19Cl2N3O3/c1-12(27)25-13(2)29-20(28)10-15-11-24-21(16-5-3-4-6-18(16)23)17-9-14(22)7-8-19(17)26-15/h3-10,13,26H,11H2,1-2H3,(H,25,27). The molecule has 1 unspecified atom stereocenters. The molecule has 0 spiro atoms. The largest absolute Gasteiger partial charge is 0.439 e. The zero-order chi connectivity index (χ0) is 21.0. The number of benzene rings is 2. The number of amides is 1. The average Bonchev–Trinajstić information content (AvgIpc) is 2.80. The van der Waals surface area contributed by atoms with Crippen molar-refractivity contribution in [2.24, 2.45) is 4.99 Å². The van der Waals surface area contributed by atoms with E-state index in [0.29, 0.717) is 21.5 Å². The third-order valence-electron chi connectivity index (χ3n) is 4.06. The summed E-state index contributed by atoms with van der Waals surface area (Å²) in [6.45, 7) is 3.13. The molecule has 2 N–H and O–H groups in total. The van der Waals surface area contributed by atoms with E-state index in [1.807, 2.05) is 24.3 Å². The van der Waals surface area contributed by atoms with Crippen molar-refractivity contribution >= 4 is 46.5 Å². The van der Waals surface area contributed by atoms with Crippen LogP contribution in [-0.4, -0.2) is 30.4 Å². The van der Waals surface area contributed by atoms with E-state index >= 15 is 0 Å². The van der Waals surface area contributed by atoms with E-state index in [0.717, 1.165) is 16.8 Å². The number of carbonyl (C=O) groups excluding carboxylic acids is 2. The Hall–Kier alpha value is -2.83. The van der Waals surface area contributed by atoms with Gasteiger partial charge in [-0.05, 0) is 31.2 Å². The highest BCUT2D eigenvalue weighted by Crippen LogP contribution is 2.30. The number of rotatable bonds is 4. The number of ether oxygens (including phenoxy) is 1. The second-order valence-corrected chi connectivity index (χ2v) is 7.25. The van der Waals surface area contributed by atoms with Gasteiger partial charge in [0.1, 0.15) is 0 Å². The Balaban J connectivity index is 1.94. The highest BCUT2D eigenvalue weighted by Gasteiger charge is 2.19. The summed E-state index contributed by atoms with van der Waals surface area (Å²) < 4.78 is 5.16. The third-order valence-corrected chi connectivity index (χ3v) is 4.62. The fourth-order valence-corrected chi connectivity index (χ4v) is 3.31. The molecule has 1 heterocycles. The summed E-state index contributed by atoms with van der Waals surface area (Å²) >= 11 is 12.6. The molecule has 1 amide bonds. The van der Waals surface area contributed by atoms with E-state index < -0.39 is 12.2 Å². The second-order valence-electron chi connectivity index (χ2n) is 6.41. The Kier molecular flexibility index (Phi) is 6.56. The van der Waals surface area contributed by atoms with Gasteiger partial charge in [0.25, 0.3) is 0 Å². The quantitative estimate of drug-likeness (QED) is 0.432. The van der Waals surface area contributed by atoms with E-state index in [1.165, 1.54) is 13.0 Å². The van der Waals surface area contributed by atoms with Crippen molar-refractivity contribution in [2.45, 2.75) is 20.1 Å². The Bertz CT molecular complexity index is 1020. The van der Waals surface area contributed by atoms with Crippen LogP contribution in [0.4, 0.5) is 5.69 Å². The summed E-state index contributed by atoms with van der Waals surface area (Å²) in [5, 5.41) is 6.82. The van der Waals surface area contributed by atoms with Crippen LogP contribution < -0.4 is 10.6 Å². The van der Waals surface area contributed by atoms with Gasteiger partial charge in [-0.25, -0.2) is 4.79 Å². The van der Waals surface area contributed by atoms with Crippen LogP contribution in [0.5, 0.6) is 0 Å². The van der Waals surface area contributed by atoms with Crippen LogP contribution in [0.2, 0.25) is 10.0 Å². The number of hydrogen-bond acceptors (Lipinski definition) is 5. The second kappa shape index (κ2) is 9.11. The molecule has 0 radical (unpaired) electrons. The molecule has 150 valence electrons. The molecule has 2 aromatic rings. The summed E-state index contributed by atoms with van der Waals surface area (Å²) in [7, 11) is 0. The molecule has 3 rings (SSSR count). The molecule has 29 heavy (non-hydrogen) atoms. The highest BCUT2D eigenvalue weighted by atomic mass is 35.5. The Labute approximate surface area is 178 Å². The zero-order valence-electron chi connectivity index (χ0n) is 15.8. The molecular weight excluding hydrogens is 413 g/mol. The predicted octanol–water partition coefficient (Wildman–Crippen LogP) is 4.17. The van der Waals surface area contributed by atoms with Gasteiger partial charge >= 0.3 is 5.97 Å². The molecule has 1 aliphatic rings. The number of benzodiazepines with no additional fused rings is 1. The molecule has 0 bridgehead atoms. The predicted molar refractivity (Wildman–Crippen MR) is 114 cm³/mol. The van der Waals surface area contributed by atoms with Crippen molar-refractivity contribution in [2.75, 3.05) is 11.9 Å². The van der Waals surface area contributed by atoms with Gasteiger partial charge < -0.3 is 15.4 Å². The lowest BCUT2D eigenvalue weighted by Gasteiger charge is -2.14. The van der Waals surface area contributed by atoms with Crippen LogP contribution in [0.1, 0.15) is 25.0 Å². The highest BCUT2D eigenvalue weighted by molar-refractivity contribution is 6.36. The molecule has 1 aliphatic heterocycles. The monoisotopic (exact) mass is 431 g/mol.